The van der Waals surface area contributed by atoms with E-state index in [9.17, 15) is 0 Å². The second kappa shape index (κ2) is 2.69. The number of nitrogens with two attached hydrogens (primary N) is 1. The Bertz CT molecular complexity index is 120. The van der Waals surface area contributed by atoms with E-state index in [1.807, 2.05) is 11.8 Å². The van der Waals surface area contributed by atoms with Crippen LogP contribution in [-0.4, -0.2) is 12.0 Å². The first-order valence-corrected chi connectivity index (χ1v) is 4.71. The van der Waals surface area contributed by atoms with Crippen molar-refractivity contribution in [3.63, 3.8) is 0 Å². The number of rotatable bonds is 1. The zero-order valence-corrected chi connectivity index (χ0v) is 6.44. The summed E-state index contributed by atoms with van der Waals surface area (Å²) in [5, 5.41) is 0. The SMILES string of the molecule is CSC1=C(N)CCS1. The Morgan fingerprint density at radius 1 is 1.75 bits per heavy atom. The van der Waals surface area contributed by atoms with E-state index in [0.29, 0.717) is 0 Å². The standard InChI is InChI=1S/C5H9NS2/c1-7-5-4(6)2-3-8-5/h2-3,6H2,1H3. The first-order valence-electron chi connectivity index (χ1n) is 2.50. The normalized spacial score (nSPS) is 20.1. The van der Waals surface area contributed by atoms with Crippen LogP contribution in [-0.2, 0) is 0 Å². The van der Waals surface area contributed by atoms with Gasteiger partial charge in [0.05, 0.1) is 4.24 Å². The van der Waals surface area contributed by atoms with Crippen molar-refractivity contribution in [1.82, 2.24) is 0 Å². The summed E-state index contributed by atoms with van der Waals surface area (Å²) in [6.07, 6.45) is 3.15. The first kappa shape index (κ1) is 6.36. The number of allylic oxidation sites excluding steroid dienone is 1. The fourth-order valence-electron chi connectivity index (χ4n) is 0.638. The third-order valence-corrected chi connectivity index (χ3v) is 3.47. The van der Waals surface area contributed by atoms with Gasteiger partial charge in [0.1, 0.15) is 0 Å². The summed E-state index contributed by atoms with van der Waals surface area (Å²) in [6.45, 7) is 0. The molecule has 8 heavy (non-hydrogen) atoms. The van der Waals surface area contributed by atoms with Crippen LogP contribution < -0.4 is 5.73 Å². The van der Waals surface area contributed by atoms with Gasteiger partial charge in [-0.1, -0.05) is 0 Å². The van der Waals surface area contributed by atoms with Gasteiger partial charge in [-0.2, -0.15) is 0 Å². The van der Waals surface area contributed by atoms with E-state index < -0.39 is 0 Å². The molecule has 0 aromatic heterocycles. The van der Waals surface area contributed by atoms with Crippen molar-refractivity contribution in [3.8, 4) is 0 Å². The van der Waals surface area contributed by atoms with Gasteiger partial charge in [0.2, 0.25) is 0 Å². The van der Waals surface area contributed by atoms with Crippen molar-refractivity contribution < 1.29 is 0 Å². The average molecular weight is 147 g/mol. The Kier molecular flexibility index (Phi) is 2.14. The van der Waals surface area contributed by atoms with Crippen molar-refractivity contribution in [3.05, 3.63) is 9.93 Å². The van der Waals surface area contributed by atoms with Gasteiger partial charge in [0.15, 0.2) is 0 Å². The summed E-state index contributed by atoms with van der Waals surface area (Å²) in [7, 11) is 0. The molecule has 0 atom stereocenters. The maximum Gasteiger partial charge on any atom is 0.0587 e. The first-order chi connectivity index (χ1) is 3.84. The minimum Gasteiger partial charge on any atom is -0.401 e. The van der Waals surface area contributed by atoms with Gasteiger partial charge < -0.3 is 5.73 Å². The molecule has 1 nitrogen and oxygen atoms in total. The Morgan fingerprint density at radius 3 is 2.75 bits per heavy atom. The van der Waals surface area contributed by atoms with Crippen LogP contribution in [0, 0.1) is 0 Å². The average Bonchev–Trinajstić information content (AvgIpc) is 2.14. The fourth-order valence-corrected chi connectivity index (χ4v) is 2.52. The van der Waals surface area contributed by atoms with Crippen LogP contribution in [0.3, 0.4) is 0 Å². The molecule has 0 aromatic rings. The molecule has 0 spiro atoms. The third-order valence-electron chi connectivity index (χ3n) is 1.05. The number of hydrogen-bond donors (Lipinski definition) is 1. The molecule has 0 radical (unpaired) electrons. The van der Waals surface area contributed by atoms with Gasteiger partial charge >= 0.3 is 0 Å². The van der Waals surface area contributed by atoms with Crippen molar-refractivity contribution in [2.24, 2.45) is 5.73 Å². The molecule has 0 fully saturated rings. The van der Waals surface area contributed by atoms with Gasteiger partial charge in [0.25, 0.3) is 0 Å². The summed E-state index contributed by atoms with van der Waals surface area (Å²) in [4.78, 5) is 0. The van der Waals surface area contributed by atoms with Gasteiger partial charge in [0, 0.05) is 11.4 Å². The minimum atomic E-state index is 1.08. The highest BCUT2D eigenvalue weighted by Gasteiger charge is 2.09. The lowest BCUT2D eigenvalue weighted by atomic mass is 10.4. The molecule has 1 aliphatic rings. The molecule has 46 valence electrons. The van der Waals surface area contributed by atoms with Crippen LogP contribution in [0.25, 0.3) is 0 Å². The number of thioether (sulfide) groups is 2. The smallest absolute Gasteiger partial charge is 0.0587 e. The molecule has 1 rings (SSSR count). The number of hydrogen-bond acceptors (Lipinski definition) is 3. The summed E-state index contributed by atoms with van der Waals surface area (Å²) >= 11 is 3.63. The van der Waals surface area contributed by atoms with Gasteiger partial charge in [-0.15, -0.1) is 23.5 Å². The van der Waals surface area contributed by atoms with E-state index in [1.54, 1.807) is 11.8 Å². The van der Waals surface area contributed by atoms with Crippen molar-refractivity contribution in [1.29, 1.82) is 0 Å². The molecule has 0 saturated heterocycles. The highest BCUT2D eigenvalue weighted by Crippen LogP contribution is 2.35. The Hall–Kier alpha value is 0.240. The van der Waals surface area contributed by atoms with Gasteiger partial charge in [-0.05, 0) is 12.7 Å². The molecular weight excluding hydrogens is 138 g/mol. The quantitative estimate of drug-likeness (QED) is 0.610. The second-order valence-corrected chi connectivity index (χ2v) is 3.80. The largest absolute Gasteiger partial charge is 0.401 e. The van der Waals surface area contributed by atoms with Crippen LogP contribution >= 0.6 is 23.5 Å². The van der Waals surface area contributed by atoms with Crippen LogP contribution in [0.4, 0.5) is 0 Å². The van der Waals surface area contributed by atoms with Crippen molar-refractivity contribution in [2.75, 3.05) is 12.0 Å². The predicted molar refractivity (Wildman–Crippen MR) is 41.8 cm³/mol. The molecule has 0 saturated carbocycles. The molecule has 0 aromatic carbocycles. The molecule has 1 heterocycles. The lowest BCUT2D eigenvalue weighted by Crippen LogP contribution is -1.93. The second-order valence-electron chi connectivity index (χ2n) is 1.62. The Labute approximate surface area is 58.1 Å². The zero-order valence-electron chi connectivity index (χ0n) is 4.81. The summed E-state index contributed by atoms with van der Waals surface area (Å²) < 4.78 is 1.32. The molecule has 0 aliphatic carbocycles. The summed E-state index contributed by atoms with van der Waals surface area (Å²) in [5.74, 6) is 1.18. The Morgan fingerprint density at radius 2 is 2.50 bits per heavy atom. The molecule has 0 unspecified atom stereocenters. The minimum absolute atomic E-state index is 1.08. The van der Waals surface area contributed by atoms with E-state index in [1.165, 1.54) is 9.99 Å². The molecule has 2 N–H and O–H groups in total. The van der Waals surface area contributed by atoms with Crippen molar-refractivity contribution in [2.45, 2.75) is 6.42 Å². The lowest BCUT2D eigenvalue weighted by molar-refractivity contribution is 1.11. The summed E-state index contributed by atoms with van der Waals surface area (Å²) in [6, 6.07) is 0. The van der Waals surface area contributed by atoms with E-state index in [-0.39, 0.29) is 0 Å². The lowest BCUT2D eigenvalue weighted by Gasteiger charge is -1.93. The molecule has 1 aliphatic heterocycles. The molecule has 0 amide bonds. The highest BCUT2D eigenvalue weighted by molar-refractivity contribution is 8.22. The third kappa shape index (κ3) is 1.14. The van der Waals surface area contributed by atoms with E-state index >= 15 is 0 Å². The van der Waals surface area contributed by atoms with Crippen molar-refractivity contribution >= 4 is 23.5 Å². The van der Waals surface area contributed by atoms with Gasteiger partial charge in [-0.25, -0.2) is 0 Å². The molecule has 0 bridgehead atoms. The van der Waals surface area contributed by atoms with Crippen LogP contribution in [0.5, 0.6) is 0 Å². The maximum atomic E-state index is 5.63. The fraction of sp³-hybridized carbons (Fsp3) is 0.600. The van der Waals surface area contributed by atoms with Crippen LogP contribution in [0.1, 0.15) is 6.42 Å². The Balaban J connectivity index is 2.58. The van der Waals surface area contributed by atoms with E-state index in [2.05, 4.69) is 6.26 Å². The maximum absolute atomic E-state index is 5.63. The van der Waals surface area contributed by atoms with Crippen LogP contribution in [0.15, 0.2) is 9.93 Å². The zero-order chi connectivity index (χ0) is 5.98. The topological polar surface area (TPSA) is 26.0 Å². The van der Waals surface area contributed by atoms with E-state index in [4.69, 9.17) is 5.73 Å². The monoisotopic (exact) mass is 147 g/mol. The molecular formula is C5H9NS2. The summed E-state index contributed by atoms with van der Waals surface area (Å²) in [5.41, 5.74) is 6.71. The highest BCUT2D eigenvalue weighted by atomic mass is 32.2. The van der Waals surface area contributed by atoms with E-state index in [0.717, 1.165) is 12.1 Å². The van der Waals surface area contributed by atoms with Crippen LogP contribution in [0.2, 0.25) is 0 Å². The molecule has 3 heteroatoms. The van der Waals surface area contributed by atoms with Gasteiger partial charge in [-0.3, -0.25) is 0 Å². The predicted octanol–water partition coefficient (Wildman–Crippen LogP) is 1.61.